The minimum Gasteiger partial charge on any atom is -0.295 e. The molecule has 0 radical (unpaired) electrons. The molecule has 3 heterocycles. The fourth-order valence-electron chi connectivity index (χ4n) is 7.88. The van der Waals surface area contributed by atoms with Crippen LogP contribution in [-0.4, -0.2) is 9.13 Å². The standard InChI is InChI=1S/C41H28N2S/c1-41(2)32-13-5-3-10-28(32)29-23-20-26(24-33(29)41)25-18-21-27(22-19-25)42-34-14-6-4-11-30(34)38-31-12-9-17-37-39(31)43(40(38)42)35-15-7-8-16-36(35)44-37/h3-24H,1-2H3. The Morgan fingerprint density at radius 1 is 0.545 bits per heavy atom. The third-order valence-corrected chi connectivity index (χ3v) is 11.0. The van der Waals surface area contributed by atoms with Gasteiger partial charge in [-0.2, -0.15) is 0 Å². The highest BCUT2D eigenvalue weighted by molar-refractivity contribution is 7.99. The van der Waals surface area contributed by atoms with Gasteiger partial charge >= 0.3 is 0 Å². The molecule has 208 valence electrons. The quantitative estimate of drug-likeness (QED) is 0.198. The smallest absolute Gasteiger partial charge is 0.131 e. The minimum absolute atomic E-state index is 0.0105. The topological polar surface area (TPSA) is 9.86 Å². The van der Waals surface area contributed by atoms with Gasteiger partial charge in [0.1, 0.15) is 5.65 Å². The molecule has 0 saturated heterocycles. The molecular weight excluding hydrogens is 553 g/mol. The van der Waals surface area contributed by atoms with Crippen molar-refractivity contribution in [3.05, 3.63) is 145 Å². The highest BCUT2D eigenvalue weighted by Crippen LogP contribution is 2.51. The normalized spacial score (nSPS) is 14.2. The number of fused-ring (bicyclic) bond motifs is 10. The molecule has 0 unspecified atom stereocenters. The molecule has 0 bridgehead atoms. The zero-order valence-electron chi connectivity index (χ0n) is 24.5. The van der Waals surface area contributed by atoms with Crippen molar-refractivity contribution < 1.29 is 0 Å². The Bertz CT molecular complexity index is 2490. The number of rotatable bonds is 2. The van der Waals surface area contributed by atoms with Crippen molar-refractivity contribution in [3.63, 3.8) is 0 Å². The zero-order valence-corrected chi connectivity index (χ0v) is 25.3. The van der Waals surface area contributed by atoms with Crippen molar-refractivity contribution in [2.24, 2.45) is 0 Å². The van der Waals surface area contributed by atoms with Gasteiger partial charge in [-0.15, -0.1) is 0 Å². The Morgan fingerprint density at radius 3 is 2.16 bits per heavy atom. The molecule has 44 heavy (non-hydrogen) atoms. The van der Waals surface area contributed by atoms with Crippen LogP contribution >= 0.6 is 11.8 Å². The monoisotopic (exact) mass is 580 g/mol. The van der Waals surface area contributed by atoms with Gasteiger partial charge in [0, 0.05) is 37.1 Å². The van der Waals surface area contributed by atoms with Crippen LogP contribution in [0.1, 0.15) is 25.0 Å². The lowest BCUT2D eigenvalue weighted by molar-refractivity contribution is 0.660. The first-order chi connectivity index (χ1) is 21.6. The number of benzene rings is 6. The second-order valence-corrected chi connectivity index (χ2v) is 13.7. The highest BCUT2D eigenvalue weighted by atomic mass is 32.2. The molecular formula is C41H28N2S. The van der Waals surface area contributed by atoms with E-state index in [1.165, 1.54) is 87.4 Å². The van der Waals surface area contributed by atoms with Gasteiger partial charge in [-0.05, 0) is 75.8 Å². The van der Waals surface area contributed by atoms with Gasteiger partial charge in [0.25, 0.3) is 0 Å². The molecule has 6 aromatic carbocycles. The molecule has 0 saturated carbocycles. The van der Waals surface area contributed by atoms with E-state index in [1.807, 2.05) is 11.8 Å². The molecule has 0 atom stereocenters. The van der Waals surface area contributed by atoms with Crippen LogP contribution in [0.3, 0.4) is 0 Å². The summed E-state index contributed by atoms with van der Waals surface area (Å²) in [5.41, 5.74) is 14.2. The highest BCUT2D eigenvalue weighted by Gasteiger charge is 2.35. The van der Waals surface area contributed by atoms with Gasteiger partial charge in [0.05, 0.1) is 16.7 Å². The van der Waals surface area contributed by atoms with E-state index < -0.39 is 0 Å². The molecule has 2 aliphatic rings. The number of hydrogen-bond donors (Lipinski definition) is 0. The molecule has 1 aliphatic heterocycles. The average Bonchev–Trinajstić information content (AvgIpc) is 3.66. The Morgan fingerprint density at radius 2 is 1.25 bits per heavy atom. The summed E-state index contributed by atoms with van der Waals surface area (Å²) in [4.78, 5) is 2.60. The summed E-state index contributed by atoms with van der Waals surface area (Å²) in [5, 5.41) is 3.92. The second kappa shape index (κ2) is 8.56. The number of hydrogen-bond acceptors (Lipinski definition) is 1. The summed E-state index contributed by atoms with van der Waals surface area (Å²) < 4.78 is 4.97. The summed E-state index contributed by atoms with van der Waals surface area (Å²) in [6, 6.07) is 49.5. The third kappa shape index (κ3) is 3.07. The Labute approximate surface area is 260 Å². The van der Waals surface area contributed by atoms with E-state index in [0.29, 0.717) is 0 Å². The van der Waals surface area contributed by atoms with Crippen LogP contribution in [0.15, 0.2) is 143 Å². The molecule has 0 N–H and O–H groups in total. The summed E-state index contributed by atoms with van der Waals surface area (Å²) in [6.45, 7) is 4.70. The molecule has 10 rings (SSSR count). The lowest BCUT2D eigenvalue weighted by Gasteiger charge is -2.22. The third-order valence-electron chi connectivity index (χ3n) is 9.92. The van der Waals surface area contributed by atoms with Crippen molar-refractivity contribution in [1.29, 1.82) is 0 Å². The van der Waals surface area contributed by atoms with E-state index in [2.05, 4.69) is 156 Å². The second-order valence-electron chi connectivity index (χ2n) is 12.6. The summed E-state index contributed by atoms with van der Waals surface area (Å²) in [7, 11) is 0. The SMILES string of the molecule is CC1(C)c2ccccc2-c2ccc(-c3ccc(-n4c5ccccc5c5c6cccc7c6n(c54)-c4ccccc4S7)cc3)cc21. The maximum atomic E-state index is 2.50. The molecule has 0 fully saturated rings. The van der Waals surface area contributed by atoms with E-state index in [1.54, 1.807) is 0 Å². The van der Waals surface area contributed by atoms with Crippen LogP contribution < -0.4 is 0 Å². The predicted molar refractivity (Wildman–Crippen MR) is 185 cm³/mol. The van der Waals surface area contributed by atoms with Gasteiger partial charge in [0.15, 0.2) is 0 Å². The van der Waals surface area contributed by atoms with Crippen LogP contribution in [0.2, 0.25) is 0 Å². The fourth-order valence-corrected chi connectivity index (χ4v) is 8.97. The largest absolute Gasteiger partial charge is 0.295 e. The van der Waals surface area contributed by atoms with Gasteiger partial charge in [-0.25, -0.2) is 0 Å². The Kier molecular flexibility index (Phi) is 4.75. The van der Waals surface area contributed by atoms with Crippen molar-refractivity contribution in [2.45, 2.75) is 29.1 Å². The lowest BCUT2D eigenvalue weighted by atomic mass is 9.81. The molecule has 2 nitrogen and oxygen atoms in total. The number of para-hydroxylation sites is 3. The van der Waals surface area contributed by atoms with E-state index >= 15 is 0 Å². The zero-order chi connectivity index (χ0) is 29.2. The van der Waals surface area contributed by atoms with Gasteiger partial charge < -0.3 is 0 Å². The van der Waals surface area contributed by atoms with Crippen molar-refractivity contribution in [1.82, 2.24) is 9.13 Å². The first-order valence-corrected chi connectivity index (χ1v) is 16.1. The number of nitrogens with zero attached hydrogens (tertiary/aromatic N) is 2. The van der Waals surface area contributed by atoms with Crippen LogP contribution in [0, 0.1) is 0 Å². The lowest BCUT2D eigenvalue weighted by Crippen LogP contribution is -2.14. The van der Waals surface area contributed by atoms with Crippen LogP contribution in [0.4, 0.5) is 0 Å². The predicted octanol–water partition coefficient (Wildman–Crippen LogP) is 11.2. The van der Waals surface area contributed by atoms with E-state index in [9.17, 15) is 0 Å². The van der Waals surface area contributed by atoms with E-state index in [0.717, 1.165) is 0 Å². The number of aromatic nitrogens is 2. The minimum atomic E-state index is -0.0105. The van der Waals surface area contributed by atoms with Gasteiger partial charge in [0.2, 0.25) is 0 Å². The molecule has 0 spiro atoms. The van der Waals surface area contributed by atoms with Crippen molar-refractivity contribution >= 4 is 44.6 Å². The van der Waals surface area contributed by atoms with E-state index in [4.69, 9.17) is 0 Å². The van der Waals surface area contributed by atoms with E-state index in [-0.39, 0.29) is 5.41 Å². The summed E-state index contributed by atoms with van der Waals surface area (Å²) in [6.07, 6.45) is 0. The summed E-state index contributed by atoms with van der Waals surface area (Å²) >= 11 is 1.87. The summed E-state index contributed by atoms with van der Waals surface area (Å²) in [5.74, 6) is 0. The Hall–Kier alpha value is -4.99. The maximum Gasteiger partial charge on any atom is 0.131 e. The first kappa shape index (κ1) is 24.5. The van der Waals surface area contributed by atoms with Crippen LogP contribution in [0.5, 0.6) is 0 Å². The average molecular weight is 581 g/mol. The molecule has 1 aliphatic carbocycles. The van der Waals surface area contributed by atoms with Crippen LogP contribution in [0.25, 0.3) is 66.5 Å². The van der Waals surface area contributed by atoms with Gasteiger partial charge in [-0.3, -0.25) is 9.13 Å². The van der Waals surface area contributed by atoms with Gasteiger partial charge in [-0.1, -0.05) is 117 Å². The fraction of sp³-hybridized carbons (Fsp3) is 0.0732. The Balaban J connectivity index is 1.18. The van der Waals surface area contributed by atoms with Crippen LogP contribution in [-0.2, 0) is 5.41 Å². The molecule has 2 aromatic heterocycles. The molecule has 3 heteroatoms. The molecule has 0 amide bonds. The maximum absolute atomic E-state index is 2.50. The van der Waals surface area contributed by atoms with Crippen molar-refractivity contribution in [2.75, 3.05) is 0 Å². The van der Waals surface area contributed by atoms with Crippen molar-refractivity contribution in [3.8, 4) is 33.6 Å². The first-order valence-electron chi connectivity index (χ1n) is 15.3. The molecule has 8 aromatic rings.